The van der Waals surface area contributed by atoms with Gasteiger partial charge in [0.15, 0.2) is 5.82 Å². The second kappa shape index (κ2) is 6.87. The third-order valence-electron chi connectivity index (χ3n) is 3.22. The fraction of sp³-hybridized carbons (Fsp3) is 0.500. The van der Waals surface area contributed by atoms with E-state index in [1.54, 1.807) is 22.7 Å². The minimum atomic E-state index is -4.35. The van der Waals surface area contributed by atoms with Gasteiger partial charge in [-0.25, -0.2) is 4.68 Å². The van der Waals surface area contributed by atoms with Crippen molar-refractivity contribution >= 4 is 0 Å². The van der Waals surface area contributed by atoms with Gasteiger partial charge in [0.1, 0.15) is 0 Å². The van der Waals surface area contributed by atoms with Crippen LogP contribution < -0.4 is 0 Å². The van der Waals surface area contributed by atoms with Gasteiger partial charge in [0.25, 0.3) is 0 Å². The summed E-state index contributed by atoms with van der Waals surface area (Å²) in [4.78, 5) is 1.77. The fourth-order valence-corrected chi connectivity index (χ4v) is 2.24. The van der Waals surface area contributed by atoms with Crippen molar-refractivity contribution in [3.8, 4) is 0 Å². The minimum absolute atomic E-state index is 0.175. The molecule has 8 heteroatoms. The Morgan fingerprint density at radius 2 is 1.91 bits per heavy atom. The van der Waals surface area contributed by atoms with Crippen LogP contribution in [0.3, 0.4) is 0 Å². The van der Waals surface area contributed by atoms with E-state index in [9.17, 15) is 13.2 Å². The second-order valence-electron chi connectivity index (χ2n) is 5.15. The van der Waals surface area contributed by atoms with E-state index in [1.165, 1.54) is 12.1 Å². The second-order valence-corrected chi connectivity index (χ2v) is 5.15. The van der Waals surface area contributed by atoms with Gasteiger partial charge >= 0.3 is 6.18 Å². The van der Waals surface area contributed by atoms with Gasteiger partial charge in [0, 0.05) is 13.1 Å². The van der Waals surface area contributed by atoms with E-state index >= 15 is 0 Å². The van der Waals surface area contributed by atoms with Crippen molar-refractivity contribution in [1.29, 1.82) is 0 Å². The zero-order valence-corrected chi connectivity index (χ0v) is 12.5. The van der Waals surface area contributed by atoms with Crippen LogP contribution in [0.5, 0.6) is 0 Å². The number of hydrogen-bond acceptors (Lipinski definition) is 4. The highest BCUT2D eigenvalue weighted by molar-refractivity contribution is 5.29. The van der Waals surface area contributed by atoms with E-state index in [0.717, 1.165) is 12.5 Å². The van der Waals surface area contributed by atoms with Crippen molar-refractivity contribution in [1.82, 2.24) is 25.1 Å². The molecule has 0 amide bonds. The number of halogens is 3. The Morgan fingerprint density at radius 1 is 1.18 bits per heavy atom. The summed E-state index contributed by atoms with van der Waals surface area (Å²) in [6.45, 7) is 3.26. The number of tetrazole rings is 1. The third-order valence-corrected chi connectivity index (χ3v) is 3.22. The largest absolute Gasteiger partial charge is 0.416 e. The van der Waals surface area contributed by atoms with Gasteiger partial charge in [-0.15, -0.1) is 5.10 Å². The standard InChI is InChI=1S/C14H18F3N5/c1-3-8-22-13(18-19-20-22)10-21(2)9-11-6-4-5-7-12(11)14(15,16)17/h4-7H,3,8-10H2,1-2H3. The van der Waals surface area contributed by atoms with Gasteiger partial charge in [-0.2, -0.15) is 13.2 Å². The Bertz CT molecular complexity index is 609. The van der Waals surface area contributed by atoms with E-state index in [4.69, 9.17) is 0 Å². The summed E-state index contributed by atoms with van der Waals surface area (Å²) in [6, 6.07) is 5.60. The maximum absolute atomic E-state index is 13.0. The molecule has 120 valence electrons. The molecule has 5 nitrogen and oxygen atoms in total. The Labute approximate surface area is 126 Å². The molecule has 0 unspecified atom stereocenters. The van der Waals surface area contributed by atoms with Crippen LogP contribution in [0.2, 0.25) is 0 Å². The maximum Gasteiger partial charge on any atom is 0.416 e. The summed E-state index contributed by atoms with van der Waals surface area (Å²) in [6.07, 6.45) is -3.46. The molecular weight excluding hydrogens is 295 g/mol. The van der Waals surface area contributed by atoms with E-state index in [2.05, 4.69) is 15.5 Å². The zero-order chi connectivity index (χ0) is 16.2. The highest BCUT2D eigenvalue weighted by Gasteiger charge is 2.33. The fourth-order valence-electron chi connectivity index (χ4n) is 2.24. The summed E-state index contributed by atoms with van der Waals surface area (Å²) in [5, 5.41) is 11.4. The molecule has 0 N–H and O–H groups in total. The summed E-state index contributed by atoms with van der Waals surface area (Å²) in [5.74, 6) is 0.647. The summed E-state index contributed by atoms with van der Waals surface area (Å²) in [5.41, 5.74) is -0.359. The molecule has 0 bridgehead atoms. The first-order valence-electron chi connectivity index (χ1n) is 7.00. The van der Waals surface area contributed by atoms with Gasteiger partial charge in [-0.3, -0.25) is 4.90 Å². The van der Waals surface area contributed by atoms with Crippen LogP contribution in [0.1, 0.15) is 30.3 Å². The highest BCUT2D eigenvalue weighted by Crippen LogP contribution is 2.32. The van der Waals surface area contributed by atoms with E-state index in [-0.39, 0.29) is 12.1 Å². The Kier molecular flexibility index (Phi) is 5.12. The molecule has 1 aromatic heterocycles. The lowest BCUT2D eigenvalue weighted by atomic mass is 10.1. The molecule has 0 aliphatic carbocycles. The molecule has 1 heterocycles. The highest BCUT2D eigenvalue weighted by atomic mass is 19.4. The van der Waals surface area contributed by atoms with Crippen molar-refractivity contribution < 1.29 is 13.2 Å². The van der Waals surface area contributed by atoms with Crippen LogP contribution in [0, 0.1) is 0 Å². The predicted octanol–water partition coefficient (Wildman–Crippen LogP) is 2.73. The molecule has 0 aliphatic heterocycles. The van der Waals surface area contributed by atoms with Crippen LogP contribution in [-0.2, 0) is 25.8 Å². The first kappa shape index (κ1) is 16.4. The molecule has 2 aromatic rings. The molecule has 22 heavy (non-hydrogen) atoms. The van der Waals surface area contributed by atoms with Gasteiger partial charge in [0.2, 0.25) is 0 Å². The average molecular weight is 313 g/mol. The lowest BCUT2D eigenvalue weighted by molar-refractivity contribution is -0.138. The zero-order valence-electron chi connectivity index (χ0n) is 12.5. The number of aryl methyl sites for hydroxylation is 1. The quantitative estimate of drug-likeness (QED) is 0.823. The Balaban J connectivity index is 2.09. The van der Waals surface area contributed by atoms with E-state index in [0.29, 0.717) is 18.9 Å². The third kappa shape index (κ3) is 4.03. The van der Waals surface area contributed by atoms with Crippen molar-refractivity contribution in [3.63, 3.8) is 0 Å². The van der Waals surface area contributed by atoms with Gasteiger partial charge < -0.3 is 0 Å². The lowest BCUT2D eigenvalue weighted by Gasteiger charge is -2.19. The molecule has 0 fully saturated rings. The number of benzene rings is 1. The summed E-state index contributed by atoms with van der Waals surface area (Å²) < 4.78 is 40.6. The van der Waals surface area contributed by atoms with Crippen LogP contribution in [0.25, 0.3) is 0 Å². The molecule has 0 aliphatic rings. The predicted molar refractivity (Wildman–Crippen MR) is 74.7 cm³/mol. The van der Waals surface area contributed by atoms with Crippen LogP contribution in [0.4, 0.5) is 13.2 Å². The molecule has 0 radical (unpaired) electrons. The number of hydrogen-bond donors (Lipinski definition) is 0. The van der Waals surface area contributed by atoms with Crippen molar-refractivity contribution in [2.75, 3.05) is 7.05 Å². The molecule has 2 rings (SSSR count). The molecule has 1 aromatic carbocycles. The minimum Gasteiger partial charge on any atom is -0.295 e. The Hall–Kier alpha value is -1.96. The van der Waals surface area contributed by atoms with E-state index < -0.39 is 11.7 Å². The monoisotopic (exact) mass is 313 g/mol. The number of aromatic nitrogens is 4. The molecule has 0 saturated carbocycles. The average Bonchev–Trinajstić information content (AvgIpc) is 2.86. The first-order valence-corrected chi connectivity index (χ1v) is 7.00. The normalized spacial score (nSPS) is 12.1. The topological polar surface area (TPSA) is 46.8 Å². The molecule has 0 atom stereocenters. The van der Waals surface area contributed by atoms with Crippen molar-refractivity contribution in [2.24, 2.45) is 0 Å². The van der Waals surface area contributed by atoms with Gasteiger partial charge in [0.05, 0.1) is 12.1 Å². The van der Waals surface area contributed by atoms with Crippen molar-refractivity contribution in [2.45, 2.75) is 39.2 Å². The van der Waals surface area contributed by atoms with Crippen molar-refractivity contribution in [3.05, 3.63) is 41.2 Å². The van der Waals surface area contributed by atoms with Crippen LogP contribution in [0.15, 0.2) is 24.3 Å². The number of nitrogens with zero attached hydrogens (tertiary/aromatic N) is 5. The van der Waals surface area contributed by atoms with Gasteiger partial charge in [-0.1, -0.05) is 25.1 Å². The summed E-state index contributed by atoms with van der Waals surface area (Å²) >= 11 is 0. The lowest BCUT2D eigenvalue weighted by Crippen LogP contribution is -2.22. The number of alkyl halides is 3. The summed E-state index contributed by atoms with van der Waals surface area (Å²) in [7, 11) is 1.75. The molecule has 0 saturated heterocycles. The maximum atomic E-state index is 13.0. The smallest absolute Gasteiger partial charge is 0.295 e. The number of rotatable bonds is 6. The van der Waals surface area contributed by atoms with Gasteiger partial charge in [-0.05, 0) is 35.5 Å². The van der Waals surface area contributed by atoms with Crippen LogP contribution in [-0.4, -0.2) is 32.2 Å². The first-order chi connectivity index (χ1) is 10.4. The SMILES string of the molecule is CCCn1nnnc1CN(C)Cc1ccccc1C(F)(F)F. The van der Waals surface area contributed by atoms with Crippen LogP contribution >= 0.6 is 0 Å². The Morgan fingerprint density at radius 3 is 2.59 bits per heavy atom. The molecule has 0 spiro atoms. The van der Waals surface area contributed by atoms with E-state index in [1.807, 2.05) is 6.92 Å². The molecular formula is C14H18F3N5.